The van der Waals surface area contributed by atoms with Crippen molar-refractivity contribution in [3.05, 3.63) is 48.0 Å². The molecular weight excluding hydrogens is 352 g/mol. The molecule has 5 heteroatoms. The molecule has 1 heterocycles. The minimum absolute atomic E-state index is 0.0831. The summed E-state index contributed by atoms with van der Waals surface area (Å²) in [6.45, 7) is 4.27. The normalized spacial score (nSPS) is 22.9. The molecule has 146 valence electrons. The Morgan fingerprint density at radius 1 is 1.07 bits per heavy atom. The van der Waals surface area contributed by atoms with Gasteiger partial charge in [-0.2, -0.15) is 0 Å². The van der Waals surface area contributed by atoms with Crippen LogP contribution in [-0.4, -0.2) is 25.7 Å². The van der Waals surface area contributed by atoms with Crippen molar-refractivity contribution >= 4 is 22.9 Å². The number of aliphatic imine (C=N–C) groups is 1. The Morgan fingerprint density at radius 2 is 1.86 bits per heavy atom. The molecular formula is C23H26N2O3. The Labute approximate surface area is 165 Å². The van der Waals surface area contributed by atoms with Crippen LogP contribution in [0.25, 0.3) is 0 Å². The zero-order valence-corrected chi connectivity index (χ0v) is 16.8. The van der Waals surface area contributed by atoms with Crippen LogP contribution in [0.3, 0.4) is 0 Å². The Balaban J connectivity index is 1.88. The van der Waals surface area contributed by atoms with Crippen molar-refractivity contribution < 1.29 is 14.3 Å². The quantitative estimate of drug-likeness (QED) is 0.821. The molecule has 2 atom stereocenters. The van der Waals surface area contributed by atoms with Crippen molar-refractivity contribution in [3.8, 4) is 11.5 Å². The fraction of sp³-hybridized carbons (Fsp3) is 0.391. The predicted octanol–water partition coefficient (Wildman–Crippen LogP) is 4.95. The number of nitrogens with one attached hydrogen (secondary N) is 1. The van der Waals surface area contributed by atoms with E-state index in [1.165, 1.54) is 0 Å². The van der Waals surface area contributed by atoms with E-state index >= 15 is 0 Å². The van der Waals surface area contributed by atoms with Gasteiger partial charge in [0, 0.05) is 23.8 Å². The molecule has 2 aromatic rings. The van der Waals surface area contributed by atoms with E-state index in [0.717, 1.165) is 34.8 Å². The highest BCUT2D eigenvalue weighted by molar-refractivity contribution is 6.10. The van der Waals surface area contributed by atoms with E-state index in [1.54, 1.807) is 14.2 Å². The maximum absolute atomic E-state index is 13.3. The smallest absolute Gasteiger partial charge is 0.144 e. The molecule has 1 fully saturated rings. The molecule has 1 aliphatic carbocycles. The third-order valence-corrected chi connectivity index (χ3v) is 5.61. The third-order valence-electron chi connectivity index (χ3n) is 5.61. The fourth-order valence-electron chi connectivity index (χ4n) is 4.35. The van der Waals surface area contributed by atoms with Crippen molar-refractivity contribution in [2.75, 3.05) is 19.5 Å². The summed E-state index contributed by atoms with van der Waals surface area (Å²) in [7, 11) is 3.27. The summed E-state index contributed by atoms with van der Waals surface area (Å²) in [5.41, 5.74) is 3.61. The van der Waals surface area contributed by atoms with Gasteiger partial charge in [0.1, 0.15) is 17.3 Å². The molecule has 1 unspecified atom stereocenters. The molecule has 0 saturated heterocycles. The number of rotatable bonds is 3. The maximum atomic E-state index is 13.3. The van der Waals surface area contributed by atoms with E-state index < -0.39 is 0 Å². The average Bonchev–Trinajstić information content (AvgIpc) is 2.82. The van der Waals surface area contributed by atoms with Crippen LogP contribution in [0.4, 0.5) is 11.4 Å². The SMILES string of the molecule is COc1ccc([C@@H]2Nc3ccccc3N=C3CC(C)(C)CC(=O)C32)c(OC)c1. The zero-order chi connectivity index (χ0) is 19.9. The number of ketones is 1. The molecule has 0 radical (unpaired) electrons. The number of anilines is 1. The molecule has 1 N–H and O–H groups in total. The molecule has 0 bridgehead atoms. The van der Waals surface area contributed by atoms with Gasteiger partial charge in [0.15, 0.2) is 0 Å². The van der Waals surface area contributed by atoms with Crippen molar-refractivity contribution in [2.45, 2.75) is 32.7 Å². The molecule has 1 aliphatic heterocycles. The fourth-order valence-corrected chi connectivity index (χ4v) is 4.35. The van der Waals surface area contributed by atoms with Crippen LogP contribution in [0.2, 0.25) is 0 Å². The van der Waals surface area contributed by atoms with Crippen molar-refractivity contribution in [1.82, 2.24) is 0 Å². The van der Waals surface area contributed by atoms with Crippen LogP contribution in [0.5, 0.6) is 11.5 Å². The van der Waals surface area contributed by atoms with Crippen molar-refractivity contribution in [1.29, 1.82) is 0 Å². The number of nitrogens with zero attached hydrogens (tertiary/aromatic N) is 1. The summed E-state index contributed by atoms with van der Waals surface area (Å²) in [4.78, 5) is 18.2. The summed E-state index contributed by atoms with van der Waals surface area (Å²) in [6.07, 6.45) is 1.35. The minimum atomic E-state index is -0.317. The zero-order valence-electron chi connectivity index (χ0n) is 16.8. The van der Waals surface area contributed by atoms with Gasteiger partial charge in [0.2, 0.25) is 0 Å². The van der Waals surface area contributed by atoms with Crippen molar-refractivity contribution in [3.63, 3.8) is 0 Å². The molecule has 2 aliphatic rings. The van der Waals surface area contributed by atoms with Gasteiger partial charge in [-0.3, -0.25) is 9.79 Å². The Hall–Kier alpha value is -2.82. The largest absolute Gasteiger partial charge is 0.497 e. The van der Waals surface area contributed by atoms with Crippen LogP contribution in [0.1, 0.15) is 38.3 Å². The van der Waals surface area contributed by atoms with Gasteiger partial charge in [-0.05, 0) is 36.1 Å². The van der Waals surface area contributed by atoms with Crippen LogP contribution in [0.15, 0.2) is 47.5 Å². The Morgan fingerprint density at radius 3 is 2.61 bits per heavy atom. The molecule has 4 rings (SSSR count). The van der Waals surface area contributed by atoms with Gasteiger partial charge in [0.25, 0.3) is 0 Å². The second-order valence-corrected chi connectivity index (χ2v) is 8.31. The van der Waals surface area contributed by atoms with E-state index in [4.69, 9.17) is 14.5 Å². The first-order chi connectivity index (χ1) is 13.4. The van der Waals surface area contributed by atoms with Gasteiger partial charge < -0.3 is 14.8 Å². The van der Waals surface area contributed by atoms with Gasteiger partial charge in [-0.1, -0.05) is 26.0 Å². The van der Waals surface area contributed by atoms with Crippen LogP contribution in [0, 0.1) is 11.3 Å². The predicted molar refractivity (Wildman–Crippen MR) is 111 cm³/mol. The molecule has 0 spiro atoms. The monoisotopic (exact) mass is 378 g/mol. The topological polar surface area (TPSA) is 59.9 Å². The van der Waals surface area contributed by atoms with Crippen molar-refractivity contribution in [2.24, 2.45) is 16.3 Å². The number of carbonyl (C=O) groups is 1. The van der Waals surface area contributed by atoms with E-state index in [1.807, 2.05) is 42.5 Å². The number of fused-ring (bicyclic) bond motifs is 2. The Kier molecular flexibility index (Phi) is 4.61. The summed E-state index contributed by atoms with van der Waals surface area (Å²) in [6, 6.07) is 13.5. The second-order valence-electron chi connectivity index (χ2n) is 8.31. The van der Waals surface area contributed by atoms with E-state index in [0.29, 0.717) is 12.2 Å². The lowest BCUT2D eigenvalue weighted by Gasteiger charge is -2.37. The number of methoxy groups -OCH3 is 2. The summed E-state index contributed by atoms with van der Waals surface area (Å²) < 4.78 is 11.0. The third kappa shape index (κ3) is 3.26. The second kappa shape index (κ2) is 6.97. The lowest BCUT2D eigenvalue weighted by atomic mass is 9.68. The van der Waals surface area contributed by atoms with Gasteiger partial charge in [-0.15, -0.1) is 0 Å². The number of para-hydroxylation sites is 2. The van der Waals surface area contributed by atoms with E-state index in [-0.39, 0.29) is 23.2 Å². The highest BCUT2D eigenvalue weighted by atomic mass is 16.5. The first-order valence-electron chi connectivity index (χ1n) is 9.59. The molecule has 2 aromatic carbocycles. The summed E-state index contributed by atoms with van der Waals surface area (Å²) in [5, 5.41) is 3.59. The lowest BCUT2D eigenvalue weighted by Crippen LogP contribution is -2.42. The maximum Gasteiger partial charge on any atom is 0.144 e. The molecule has 1 saturated carbocycles. The van der Waals surface area contributed by atoms with Gasteiger partial charge >= 0.3 is 0 Å². The summed E-state index contributed by atoms with van der Waals surface area (Å²) >= 11 is 0. The first-order valence-corrected chi connectivity index (χ1v) is 9.59. The number of Topliss-reactive ketones (excluding diaryl/α,β-unsaturated/α-hetero) is 1. The number of hydrogen-bond donors (Lipinski definition) is 1. The number of hydrogen-bond acceptors (Lipinski definition) is 5. The van der Waals surface area contributed by atoms with E-state index in [2.05, 4.69) is 19.2 Å². The first kappa shape index (κ1) is 18.5. The molecule has 5 nitrogen and oxygen atoms in total. The molecule has 0 amide bonds. The van der Waals surface area contributed by atoms with Gasteiger partial charge in [0.05, 0.1) is 37.6 Å². The lowest BCUT2D eigenvalue weighted by molar-refractivity contribution is -0.124. The number of ether oxygens (including phenoxy) is 2. The highest BCUT2D eigenvalue weighted by Gasteiger charge is 2.44. The van der Waals surface area contributed by atoms with Crippen LogP contribution < -0.4 is 14.8 Å². The number of benzene rings is 2. The minimum Gasteiger partial charge on any atom is -0.497 e. The Bertz CT molecular complexity index is 949. The summed E-state index contributed by atoms with van der Waals surface area (Å²) in [5.74, 6) is 1.33. The van der Waals surface area contributed by atoms with Crippen LogP contribution in [-0.2, 0) is 4.79 Å². The molecule has 28 heavy (non-hydrogen) atoms. The standard InChI is InChI=1S/C23H26N2O3/c1-23(2)12-18-21(19(26)13-23)22(25-17-8-6-5-7-16(17)24-18)15-10-9-14(27-3)11-20(15)28-4/h5-11,21-22,25H,12-13H2,1-4H3/t21?,22-/m0/s1. The average molecular weight is 378 g/mol. The van der Waals surface area contributed by atoms with E-state index in [9.17, 15) is 4.79 Å². The van der Waals surface area contributed by atoms with Gasteiger partial charge in [-0.25, -0.2) is 0 Å². The van der Waals surface area contributed by atoms with Crippen LogP contribution >= 0.6 is 0 Å². The highest BCUT2D eigenvalue weighted by Crippen LogP contribution is 2.46. The number of carbonyl (C=O) groups excluding carboxylic acids is 1. The molecule has 0 aromatic heterocycles.